The third kappa shape index (κ3) is 15.1. The fourth-order valence-electron chi connectivity index (χ4n) is 6.49. The molecule has 4 rings (SSSR count). The van der Waals surface area contributed by atoms with Gasteiger partial charge in [-0.15, -0.1) is 11.6 Å². The van der Waals surface area contributed by atoms with E-state index in [1.165, 1.54) is 70.8 Å². The lowest BCUT2D eigenvalue weighted by Crippen LogP contribution is -2.23. The first-order valence-corrected chi connectivity index (χ1v) is 19.9. The van der Waals surface area contributed by atoms with Crippen LogP contribution >= 0.6 is 11.6 Å². The summed E-state index contributed by atoms with van der Waals surface area (Å²) < 4.78 is 38.5. The number of carboxylic acids is 1. The Balaban J connectivity index is 0.000000366. The van der Waals surface area contributed by atoms with E-state index in [1.807, 2.05) is 30.3 Å². The number of ether oxygens (including phenoxy) is 2. The SMILES string of the molecule is CCCCCc1ccc(C(Cc2ccc(C)c(F)c2)C(O)OC)cc1.CCCCCc1ccc(C(Cc2ccc(C)c(F)c2C(=O)O)C(O)OC)cc1.CCl. The summed E-state index contributed by atoms with van der Waals surface area (Å²) >= 11 is 4.64. The molecule has 0 fully saturated rings. The molecule has 4 aromatic rings. The minimum atomic E-state index is -1.31. The molecule has 0 amide bonds. The van der Waals surface area contributed by atoms with Crippen LogP contribution in [0.1, 0.15) is 119 Å². The van der Waals surface area contributed by atoms with Gasteiger partial charge in [-0.05, 0) is 103 Å². The molecule has 9 heteroatoms. The summed E-state index contributed by atoms with van der Waals surface area (Å²) in [6, 6.07) is 24.7. The van der Waals surface area contributed by atoms with Crippen LogP contribution in [-0.4, -0.2) is 54.5 Å². The number of hydrogen-bond acceptors (Lipinski definition) is 5. The minimum Gasteiger partial charge on any atom is -0.478 e. The third-order valence-corrected chi connectivity index (χ3v) is 9.89. The van der Waals surface area contributed by atoms with Gasteiger partial charge in [0.25, 0.3) is 0 Å². The van der Waals surface area contributed by atoms with Crippen LogP contribution in [0.15, 0.2) is 78.9 Å². The molecule has 0 bridgehead atoms. The van der Waals surface area contributed by atoms with E-state index in [0.717, 1.165) is 36.0 Å². The monoisotopic (exact) mass is 782 g/mol. The first-order chi connectivity index (χ1) is 26.4. The lowest BCUT2D eigenvalue weighted by molar-refractivity contribution is -0.0917. The molecule has 302 valence electrons. The molecule has 0 saturated heterocycles. The van der Waals surface area contributed by atoms with Crippen molar-refractivity contribution in [2.75, 3.05) is 20.6 Å². The van der Waals surface area contributed by atoms with Gasteiger partial charge >= 0.3 is 5.97 Å². The molecule has 0 radical (unpaired) electrons. The summed E-state index contributed by atoms with van der Waals surface area (Å²) in [5, 5.41) is 30.1. The molecule has 0 aliphatic heterocycles. The number of aliphatic hydroxyl groups excluding tert-OH is 2. The van der Waals surface area contributed by atoms with Gasteiger partial charge in [0.1, 0.15) is 11.6 Å². The molecule has 4 unspecified atom stereocenters. The average molecular weight is 783 g/mol. The molecule has 0 spiro atoms. The van der Waals surface area contributed by atoms with Crippen LogP contribution in [0, 0.1) is 25.5 Å². The molecule has 6 nitrogen and oxygen atoms in total. The maximum atomic E-state index is 14.4. The van der Waals surface area contributed by atoms with Gasteiger partial charge in [0, 0.05) is 32.4 Å². The molecule has 3 N–H and O–H groups in total. The van der Waals surface area contributed by atoms with E-state index in [0.29, 0.717) is 17.5 Å². The second-order valence-corrected chi connectivity index (χ2v) is 13.9. The molecule has 55 heavy (non-hydrogen) atoms. The van der Waals surface area contributed by atoms with Crippen molar-refractivity contribution in [2.45, 2.75) is 116 Å². The zero-order chi connectivity index (χ0) is 40.9. The largest absolute Gasteiger partial charge is 0.478 e. The molecule has 0 aliphatic rings. The third-order valence-electron chi connectivity index (χ3n) is 9.89. The standard InChI is InChI=1S/C23H29FO4.C22H29FO2.CH3Cl/c1-4-5-6-7-16-9-12-17(13-10-16)19(23(27)28-3)14-18-11-8-15(2)21(24)20(18)22(25)26;1-4-5-6-7-17-10-12-19(13-11-17)20(22(24)25-3)14-18-9-8-16(2)21(23)15-18;1-2/h8-13,19,23,27H,4-7,14H2,1-3H3,(H,25,26);8-13,15,20,22,24H,4-7,14H2,1-3H3;1H3. The number of aryl methyl sites for hydroxylation is 4. The molecule has 0 saturated carbocycles. The molecule has 0 aliphatic carbocycles. The highest BCUT2D eigenvalue weighted by Gasteiger charge is 2.26. The van der Waals surface area contributed by atoms with E-state index < -0.39 is 30.3 Å². The zero-order valence-electron chi connectivity index (χ0n) is 33.6. The lowest BCUT2D eigenvalue weighted by atomic mass is 9.88. The Labute approximate surface area is 332 Å². The van der Waals surface area contributed by atoms with Gasteiger partial charge in [0.15, 0.2) is 12.6 Å². The van der Waals surface area contributed by atoms with E-state index in [2.05, 4.69) is 49.7 Å². The Morgan fingerprint density at radius 2 is 1.09 bits per heavy atom. The second kappa shape index (κ2) is 25.5. The highest BCUT2D eigenvalue weighted by molar-refractivity contribution is 6.15. The number of alkyl halides is 1. The normalized spacial score (nSPS) is 13.1. The Bertz CT molecular complexity index is 1700. The van der Waals surface area contributed by atoms with Crippen molar-refractivity contribution in [3.05, 3.63) is 141 Å². The van der Waals surface area contributed by atoms with Crippen molar-refractivity contribution in [1.82, 2.24) is 0 Å². The number of carboxylic acid groups (broad SMARTS) is 1. The van der Waals surface area contributed by atoms with E-state index >= 15 is 0 Å². The molecule has 4 aromatic carbocycles. The van der Waals surface area contributed by atoms with E-state index in [1.54, 1.807) is 31.2 Å². The van der Waals surface area contributed by atoms with Crippen molar-refractivity contribution in [3.8, 4) is 0 Å². The summed E-state index contributed by atoms with van der Waals surface area (Å²) in [5.74, 6) is -2.99. The van der Waals surface area contributed by atoms with E-state index in [-0.39, 0.29) is 29.3 Å². The van der Waals surface area contributed by atoms with Gasteiger partial charge in [0.05, 0.1) is 5.56 Å². The van der Waals surface area contributed by atoms with E-state index in [4.69, 9.17) is 9.47 Å². The summed E-state index contributed by atoms with van der Waals surface area (Å²) in [5.41, 5.74) is 6.12. The fourth-order valence-corrected chi connectivity index (χ4v) is 6.49. The Morgan fingerprint density at radius 3 is 1.51 bits per heavy atom. The number of rotatable bonds is 19. The average Bonchev–Trinajstić information content (AvgIpc) is 3.20. The van der Waals surface area contributed by atoms with Crippen molar-refractivity contribution >= 4 is 17.6 Å². The van der Waals surface area contributed by atoms with Gasteiger partial charge in [-0.1, -0.05) is 112 Å². The van der Waals surface area contributed by atoms with Gasteiger partial charge in [-0.3, -0.25) is 0 Å². The smallest absolute Gasteiger partial charge is 0.338 e. The first kappa shape index (κ1) is 47.5. The maximum Gasteiger partial charge on any atom is 0.338 e. The Morgan fingerprint density at radius 1 is 0.655 bits per heavy atom. The van der Waals surface area contributed by atoms with Crippen LogP contribution in [0.4, 0.5) is 8.78 Å². The van der Waals surface area contributed by atoms with Gasteiger partial charge < -0.3 is 24.8 Å². The van der Waals surface area contributed by atoms with Crippen LogP contribution in [-0.2, 0) is 35.2 Å². The number of halogens is 3. The van der Waals surface area contributed by atoms with Crippen LogP contribution in [0.5, 0.6) is 0 Å². The van der Waals surface area contributed by atoms with Crippen molar-refractivity contribution < 1.29 is 38.4 Å². The zero-order valence-corrected chi connectivity index (χ0v) is 34.3. The van der Waals surface area contributed by atoms with Crippen molar-refractivity contribution in [3.63, 3.8) is 0 Å². The number of unbranched alkanes of at least 4 members (excludes halogenated alkanes) is 4. The number of hydrogen-bond donors (Lipinski definition) is 3. The maximum absolute atomic E-state index is 14.4. The Kier molecular flexibility index (Phi) is 22.0. The van der Waals surface area contributed by atoms with Crippen LogP contribution < -0.4 is 0 Å². The molecule has 0 aromatic heterocycles. The number of methoxy groups -OCH3 is 2. The van der Waals surface area contributed by atoms with Crippen LogP contribution in [0.25, 0.3) is 0 Å². The predicted molar refractivity (Wildman–Crippen MR) is 219 cm³/mol. The molecule has 4 atom stereocenters. The highest BCUT2D eigenvalue weighted by Crippen LogP contribution is 2.30. The number of carbonyl (C=O) groups is 1. The van der Waals surface area contributed by atoms with Crippen LogP contribution in [0.2, 0.25) is 0 Å². The topological polar surface area (TPSA) is 96.2 Å². The minimum absolute atomic E-state index is 0.156. The van der Waals surface area contributed by atoms with Gasteiger partial charge in [-0.2, -0.15) is 0 Å². The summed E-state index contributed by atoms with van der Waals surface area (Å²) in [7, 11) is 2.89. The highest BCUT2D eigenvalue weighted by atomic mass is 35.5. The van der Waals surface area contributed by atoms with Crippen LogP contribution in [0.3, 0.4) is 0 Å². The number of benzene rings is 4. The Hall–Kier alpha value is -3.66. The molecular formula is C46H61ClF2O6. The second-order valence-electron chi connectivity index (χ2n) is 13.9. The number of aliphatic hydroxyl groups is 2. The summed E-state index contributed by atoms with van der Waals surface area (Å²) in [4.78, 5) is 11.6. The summed E-state index contributed by atoms with van der Waals surface area (Å²) in [6.45, 7) is 7.65. The van der Waals surface area contributed by atoms with Gasteiger partial charge in [0.2, 0.25) is 0 Å². The first-order valence-electron chi connectivity index (χ1n) is 19.2. The predicted octanol–water partition coefficient (Wildman–Crippen LogP) is 10.9. The molecular weight excluding hydrogens is 722 g/mol. The summed E-state index contributed by atoms with van der Waals surface area (Å²) in [6.07, 6.45) is 9.32. The fraction of sp³-hybridized carbons (Fsp3) is 0.457. The van der Waals surface area contributed by atoms with Crippen molar-refractivity contribution in [1.29, 1.82) is 0 Å². The quantitative estimate of drug-likeness (QED) is 0.0498. The number of aromatic carboxylic acids is 1. The van der Waals surface area contributed by atoms with E-state index in [9.17, 15) is 28.9 Å². The molecule has 0 heterocycles. The lowest BCUT2D eigenvalue weighted by Gasteiger charge is -2.23. The van der Waals surface area contributed by atoms with Gasteiger partial charge in [-0.25, -0.2) is 13.6 Å². The van der Waals surface area contributed by atoms with Crippen molar-refractivity contribution in [2.24, 2.45) is 0 Å².